The molecule has 1 N–H and O–H groups in total. The molecule has 19 heavy (non-hydrogen) atoms. The number of rotatable bonds is 1. The predicted octanol–water partition coefficient (Wildman–Crippen LogP) is 3.88. The zero-order chi connectivity index (χ0) is 13.4. The smallest absolute Gasteiger partial charge is 0.256 e. The number of amides is 1. The summed E-state index contributed by atoms with van der Waals surface area (Å²) in [5, 5.41) is 3.77. The van der Waals surface area contributed by atoms with Crippen molar-refractivity contribution >= 4 is 46.4 Å². The highest BCUT2D eigenvalue weighted by molar-refractivity contribution is 6.36. The summed E-state index contributed by atoms with van der Waals surface area (Å²) >= 11 is 11.7. The summed E-state index contributed by atoms with van der Waals surface area (Å²) in [4.78, 5) is 15.9. The average molecular weight is 291 g/mol. The first kappa shape index (κ1) is 12.2. The van der Waals surface area contributed by atoms with Crippen LogP contribution in [0.5, 0.6) is 0 Å². The summed E-state index contributed by atoms with van der Waals surface area (Å²) in [6.07, 6.45) is 3.38. The zero-order valence-electron chi connectivity index (χ0n) is 9.65. The van der Waals surface area contributed by atoms with E-state index in [2.05, 4.69) is 10.3 Å². The molecule has 0 aliphatic carbocycles. The molecule has 1 aliphatic rings. The van der Waals surface area contributed by atoms with Gasteiger partial charge in [0.1, 0.15) is 5.15 Å². The zero-order valence-corrected chi connectivity index (χ0v) is 11.2. The van der Waals surface area contributed by atoms with Crippen molar-refractivity contribution in [3.63, 3.8) is 0 Å². The van der Waals surface area contributed by atoms with E-state index in [0.29, 0.717) is 15.7 Å². The van der Waals surface area contributed by atoms with Crippen molar-refractivity contribution in [2.75, 3.05) is 5.32 Å². The molecule has 2 aromatic rings. The fourth-order valence-corrected chi connectivity index (χ4v) is 2.34. The van der Waals surface area contributed by atoms with Crippen molar-refractivity contribution < 1.29 is 4.79 Å². The van der Waals surface area contributed by atoms with Gasteiger partial charge < -0.3 is 5.32 Å². The Kier molecular flexibility index (Phi) is 3.01. The molecule has 3 rings (SSSR count). The SMILES string of the molecule is O=C1Nc2cc(Cl)ccc2C1=Cc1ccnc(Cl)c1. The molecule has 5 heteroatoms. The second-order valence-corrected chi connectivity index (χ2v) is 4.94. The number of aromatic nitrogens is 1. The molecule has 94 valence electrons. The largest absolute Gasteiger partial charge is 0.321 e. The van der Waals surface area contributed by atoms with Crippen LogP contribution in [0, 0.1) is 0 Å². The molecule has 2 heterocycles. The molecule has 1 aromatic carbocycles. The Balaban J connectivity index is 2.09. The Morgan fingerprint density at radius 3 is 2.79 bits per heavy atom. The Morgan fingerprint density at radius 2 is 2.00 bits per heavy atom. The Bertz CT molecular complexity index is 710. The molecule has 0 radical (unpaired) electrons. The molecule has 1 amide bonds. The minimum atomic E-state index is -0.148. The van der Waals surface area contributed by atoms with Crippen molar-refractivity contribution in [1.29, 1.82) is 0 Å². The fourth-order valence-electron chi connectivity index (χ4n) is 1.98. The quantitative estimate of drug-likeness (QED) is 0.640. The number of fused-ring (bicyclic) bond motifs is 1. The number of anilines is 1. The first-order valence-electron chi connectivity index (χ1n) is 5.58. The number of carbonyl (C=O) groups is 1. The first-order valence-corrected chi connectivity index (χ1v) is 6.33. The van der Waals surface area contributed by atoms with Gasteiger partial charge in [-0.2, -0.15) is 0 Å². The molecule has 0 saturated heterocycles. The number of halogens is 2. The van der Waals surface area contributed by atoms with Gasteiger partial charge >= 0.3 is 0 Å². The van der Waals surface area contributed by atoms with Crippen LogP contribution in [-0.4, -0.2) is 10.9 Å². The lowest BCUT2D eigenvalue weighted by atomic mass is 10.0. The maximum absolute atomic E-state index is 12.0. The molecule has 0 saturated carbocycles. The fraction of sp³-hybridized carbons (Fsp3) is 0. The summed E-state index contributed by atoms with van der Waals surface area (Å²) in [5.74, 6) is -0.148. The van der Waals surface area contributed by atoms with E-state index in [-0.39, 0.29) is 5.91 Å². The third-order valence-electron chi connectivity index (χ3n) is 2.83. The van der Waals surface area contributed by atoms with E-state index in [1.54, 1.807) is 36.5 Å². The van der Waals surface area contributed by atoms with Crippen molar-refractivity contribution in [2.45, 2.75) is 0 Å². The van der Waals surface area contributed by atoms with Crippen LogP contribution in [0.2, 0.25) is 10.2 Å². The average Bonchev–Trinajstić information content (AvgIpc) is 2.65. The van der Waals surface area contributed by atoms with E-state index in [0.717, 1.165) is 16.8 Å². The van der Waals surface area contributed by atoms with Crippen LogP contribution in [-0.2, 0) is 4.79 Å². The first-order chi connectivity index (χ1) is 9.13. The predicted molar refractivity (Wildman–Crippen MR) is 77.2 cm³/mol. The Hall–Kier alpha value is -1.84. The van der Waals surface area contributed by atoms with Gasteiger partial charge in [-0.1, -0.05) is 29.3 Å². The number of nitrogens with one attached hydrogen (secondary N) is 1. The topological polar surface area (TPSA) is 42.0 Å². The van der Waals surface area contributed by atoms with E-state index in [4.69, 9.17) is 23.2 Å². The highest BCUT2D eigenvalue weighted by atomic mass is 35.5. The molecule has 1 aliphatic heterocycles. The van der Waals surface area contributed by atoms with E-state index < -0.39 is 0 Å². The number of hydrogen-bond acceptors (Lipinski definition) is 2. The van der Waals surface area contributed by atoms with Crippen molar-refractivity contribution in [1.82, 2.24) is 4.98 Å². The van der Waals surface area contributed by atoms with Gasteiger partial charge in [0.2, 0.25) is 0 Å². The lowest BCUT2D eigenvalue weighted by Gasteiger charge is -1.99. The lowest BCUT2D eigenvalue weighted by molar-refractivity contribution is -0.110. The second-order valence-electron chi connectivity index (χ2n) is 4.11. The van der Waals surface area contributed by atoms with Crippen molar-refractivity contribution in [3.8, 4) is 0 Å². The van der Waals surface area contributed by atoms with Gasteiger partial charge in [-0.25, -0.2) is 4.98 Å². The van der Waals surface area contributed by atoms with Gasteiger partial charge in [0, 0.05) is 22.4 Å². The van der Waals surface area contributed by atoms with Gasteiger partial charge in [0.15, 0.2) is 0 Å². The third kappa shape index (κ3) is 2.35. The molecule has 0 bridgehead atoms. The summed E-state index contributed by atoms with van der Waals surface area (Å²) in [7, 11) is 0. The van der Waals surface area contributed by atoms with Gasteiger partial charge in [0.25, 0.3) is 5.91 Å². The molecular formula is C14H8Cl2N2O. The molecule has 1 aromatic heterocycles. The molecular weight excluding hydrogens is 283 g/mol. The molecule has 0 unspecified atom stereocenters. The standard InChI is InChI=1S/C14H8Cl2N2O/c15-9-1-2-10-11(14(19)18-12(10)7-9)5-8-3-4-17-13(16)6-8/h1-7H,(H,18,19). The number of nitrogens with zero attached hydrogens (tertiary/aromatic N) is 1. The van der Waals surface area contributed by atoms with Gasteiger partial charge in [-0.05, 0) is 35.9 Å². The van der Waals surface area contributed by atoms with Gasteiger partial charge in [-0.3, -0.25) is 4.79 Å². The van der Waals surface area contributed by atoms with Crippen LogP contribution in [0.25, 0.3) is 11.6 Å². The highest BCUT2D eigenvalue weighted by Gasteiger charge is 2.23. The highest BCUT2D eigenvalue weighted by Crippen LogP contribution is 2.34. The van der Waals surface area contributed by atoms with E-state index >= 15 is 0 Å². The van der Waals surface area contributed by atoms with E-state index in [1.807, 2.05) is 6.07 Å². The summed E-state index contributed by atoms with van der Waals surface area (Å²) < 4.78 is 0. The number of carbonyl (C=O) groups excluding carboxylic acids is 1. The minimum Gasteiger partial charge on any atom is -0.321 e. The summed E-state index contributed by atoms with van der Waals surface area (Å²) in [6, 6.07) is 8.81. The van der Waals surface area contributed by atoms with Gasteiger partial charge in [-0.15, -0.1) is 0 Å². The maximum atomic E-state index is 12.0. The molecule has 0 spiro atoms. The summed E-state index contributed by atoms with van der Waals surface area (Å²) in [5.41, 5.74) is 2.98. The number of pyridine rings is 1. The minimum absolute atomic E-state index is 0.148. The molecule has 3 nitrogen and oxygen atoms in total. The van der Waals surface area contributed by atoms with Gasteiger partial charge in [0.05, 0.1) is 5.69 Å². The third-order valence-corrected chi connectivity index (χ3v) is 3.27. The van der Waals surface area contributed by atoms with Crippen LogP contribution in [0.15, 0.2) is 36.5 Å². The normalized spacial score (nSPS) is 15.5. The lowest BCUT2D eigenvalue weighted by Crippen LogP contribution is -2.03. The monoisotopic (exact) mass is 290 g/mol. The Morgan fingerprint density at radius 1 is 1.16 bits per heavy atom. The van der Waals surface area contributed by atoms with E-state index in [1.165, 1.54) is 0 Å². The number of hydrogen-bond donors (Lipinski definition) is 1. The van der Waals surface area contributed by atoms with Crippen molar-refractivity contribution in [2.24, 2.45) is 0 Å². The van der Waals surface area contributed by atoms with Crippen LogP contribution < -0.4 is 5.32 Å². The van der Waals surface area contributed by atoms with Crippen LogP contribution in [0.4, 0.5) is 5.69 Å². The number of benzene rings is 1. The Labute approximate surface area is 119 Å². The second kappa shape index (κ2) is 4.68. The van der Waals surface area contributed by atoms with Crippen molar-refractivity contribution in [3.05, 3.63) is 57.8 Å². The molecule has 0 atom stereocenters. The van der Waals surface area contributed by atoms with Crippen LogP contribution in [0.3, 0.4) is 0 Å². The van der Waals surface area contributed by atoms with E-state index in [9.17, 15) is 4.79 Å². The summed E-state index contributed by atoms with van der Waals surface area (Å²) in [6.45, 7) is 0. The maximum Gasteiger partial charge on any atom is 0.256 e. The van der Waals surface area contributed by atoms with Crippen LogP contribution in [0.1, 0.15) is 11.1 Å². The molecule has 0 fully saturated rings. The van der Waals surface area contributed by atoms with Crippen LogP contribution >= 0.6 is 23.2 Å².